The molecule has 0 spiro atoms. The van der Waals surface area contributed by atoms with Crippen LogP contribution in [-0.2, 0) is 30.4 Å². The first-order chi connectivity index (χ1) is 18.8. The molecule has 40 heavy (non-hydrogen) atoms. The number of hydrogen-bond donors (Lipinski definition) is 4. The lowest BCUT2D eigenvalue weighted by Crippen LogP contribution is -2.74. The maximum atomic E-state index is 13.9. The molecule has 0 aliphatic heterocycles. The fourth-order valence-electron chi connectivity index (χ4n) is 6.49. The number of Topliss-reactive ketones (excluding diaryl/α,β-unsaturated/α-hetero) is 4. The first-order valence-corrected chi connectivity index (χ1v) is 13.2. The average molecular weight is 557 g/mol. The van der Waals surface area contributed by atoms with Crippen molar-refractivity contribution in [3.63, 3.8) is 0 Å². The van der Waals surface area contributed by atoms with E-state index in [1.165, 1.54) is 11.0 Å². The molecule has 1 aromatic carbocycles. The van der Waals surface area contributed by atoms with Crippen molar-refractivity contribution < 1.29 is 39.0 Å². The van der Waals surface area contributed by atoms with Gasteiger partial charge in [-0.25, -0.2) is 0 Å². The van der Waals surface area contributed by atoms with Crippen molar-refractivity contribution in [2.24, 2.45) is 29.4 Å². The fraction of sp³-hybridized carbons (Fsp3) is 0.536. The number of nitrogens with two attached hydrogens (primary N) is 1. The van der Waals surface area contributed by atoms with Gasteiger partial charge in [-0.2, -0.15) is 0 Å². The van der Waals surface area contributed by atoms with E-state index in [4.69, 9.17) is 10.6 Å². The number of benzene rings is 1. The van der Waals surface area contributed by atoms with Gasteiger partial charge < -0.3 is 20.8 Å². The number of phenolic OH excluding ortho intramolecular Hbond substituents is 1. The molecule has 2 unspecified atom stereocenters. The molecule has 0 aromatic heterocycles. The molecular weight excluding hydrogens is 520 g/mol. The van der Waals surface area contributed by atoms with Gasteiger partial charge in [0.05, 0.1) is 29.8 Å². The van der Waals surface area contributed by atoms with Gasteiger partial charge in [0, 0.05) is 18.0 Å². The summed E-state index contributed by atoms with van der Waals surface area (Å²) in [7, 11) is 6.87. The second-order valence-corrected chi connectivity index (χ2v) is 11.2. The highest BCUT2D eigenvalue weighted by Gasteiger charge is 2.69. The van der Waals surface area contributed by atoms with E-state index in [0.717, 1.165) is 0 Å². The van der Waals surface area contributed by atoms with Crippen LogP contribution in [0.2, 0.25) is 0 Å². The highest BCUT2D eigenvalue weighted by molar-refractivity contribution is 6.32. The molecule has 0 radical (unpaired) electrons. The molecule has 6 atom stereocenters. The first kappa shape index (κ1) is 29.5. The van der Waals surface area contributed by atoms with Crippen LogP contribution in [0.4, 0.5) is 0 Å². The average Bonchev–Trinajstić information content (AvgIpc) is 2.86. The van der Waals surface area contributed by atoms with Gasteiger partial charge in [0.2, 0.25) is 5.91 Å². The van der Waals surface area contributed by atoms with Gasteiger partial charge in [0.15, 0.2) is 34.7 Å². The Morgan fingerprint density at radius 1 is 1.18 bits per heavy atom. The number of carbonyl (C=O) groups excluding carboxylic acids is 5. The van der Waals surface area contributed by atoms with Gasteiger partial charge in [-0.1, -0.05) is 0 Å². The van der Waals surface area contributed by atoms with E-state index < -0.39 is 64.4 Å². The van der Waals surface area contributed by atoms with Gasteiger partial charge >= 0.3 is 0 Å². The number of nitrogens with one attached hydrogen (secondary N) is 1. The number of primary amides is 1. The largest absolute Gasteiger partial charge is 0.507 e. The third kappa shape index (κ3) is 4.54. The van der Waals surface area contributed by atoms with Gasteiger partial charge in [0.1, 0.15) is 5.75 Å². The summed E-state index contributed by atoms with van der Waals surface area (Å²) >= 11 is 0. The van der Waals surface area contributed by atoms with Crippen molar-refractivity contribution in [3.8, 4) is 5.75 Å². The molecular formula is C28H36N4O8. The number of nitrogens with zero attached hydrogens (tertiary/aromatic N) is 2. The third-order valence-corrected chi connectivity index (χ3v) is 8.22. The summed E-state index contributed by atoms with van der Waals surface area (Å²) < 4.78 is 0. The van der Waals surface area contributed by atoms with Crippen molar-refractivity contribution in [1.29, 1.82) is 0 Å². The SMILES string of the molecule is CCONC(=CCN(C)C)c1ccc(O)c2c1C[C@H]1C[C@H]3[C@@H](N(C)C)C(=O)C(C(N)=O)C(=O)[C@@]3(O)C(=O)C1C2=O. The summed E-state index contributed by atoms with van der Waals surface area (Å²) in [4.78, 5) is 75.4. The van der Waals surface area contributed by atoms with Crippen LogP contribution in [0, 0.1) is 23.7 Å². The number of aliphatic hydroxyl groups is 1. The predicted molar refractivity (Wildman–Crippen MR) is 143 cm³/mol. The van der Waals surface area contributed by atoms with Crippen LogP contribution in [0.5, 0.6) is 5.75 Å². The predicted octanol–water partition coefficient (Wildman–Crippen LogP) is -0.689. The Morgan fingerprint density at radius 3 is 2.42 bits per heavy atom. The minimum Gasteiger partial charge on any atom is -0.507 e. The highest BCUT2D eigenvalue weighted by atomic mass is 16.6. The number of hydrogen-bond acceptors (Lipinski definition) is 11. The molecule has 12 nitrogen and oxygen atoms in total. The standard InChI is InChI=1S/C28H36N4O8/c1-6-40-30-17(9-10-31(2)3)14-7-8-18(33)20-15(14)11-13-12-16-22(32(4)5)24(35)21(27(29)38)26(37)28(16,39)25(36)19(13)23(20)34/h7-9,13,16,19,21-22,30,33,39H,6,10-12H2,1-5H3,(H2,29,38)/t13-,16-,19?,21?,22+,28-/m0/s1. The van der Waals surface area contributed by atoms with E-state index in [1.54, 1.807) is 20.2 Å². The number of phenols is 1. The molecule has 2 saturated carbocycles. The molecule has 0 bridgehead atoms. The van der Waals surface area contributed by atoms with Crippen LogP contribution >= 0.6 is 0 Å². The number of rotatable bonds is 8. The molecule has 0 saturated heterocycles. The van der Waals surface area contributed by atoms with E-state index in [-0.39, 0.29) is 24.2 Å². The second kappa shape index (κ2) is 10.8. The zero-order valence-electron chi connectivity index (χ0n) is 23.3. The van der Waals surface area contributed by atoms with E-state index in [0.29, 0.717) is 30.0 Å². The van der Waals surface area contributed by atoms with Crippen molar-refractivity contribution in [1.82, 2.24) is 15.3 Å². The van der Waals surface area contributed by atoms with Crippen LogP contribution in [0.25, 0.3) is 5.70 Å². The number of aromatic hydroxyl groups is 1. The van der Waals surface area contributed by atoms with Crippen molar-refractivity contribution in [3.05, 3.63) is 34.9 Å². The Labute approximate surface area is 232 Å². The minimum atomic E-state index is -2.75. The summed E-state index contributed by atoms with van der Waals surface area (Å²) in [5.74, 6) is -10.8. The maximum absolute atomic E-state index is 13.9. The molecule has 3 aliphatic carbocycles. The first-order valence-electron chi connectivity index (χ1n) is 13.2. The summed E-state index contributed by atoms with van der Waals surface area (Å²) in [5, 5.41) is 22.4. The topological polar surface area (TPSA) is 180 Å². The van der Waals surface area contributed by atoms with Crippen molar-refractivity contribution >= 4 is 34.7 Å². The Bertz CT molecular complexity index is 1310. The Hall–Kier alpha value is -3.45. The van der Waals surface area contributed by atoms with Crippen LogP contribution in [0.3, 0.4) is 0 Å². The van der Waals surface area contributed by atoms with Gasteiger partial charge in [-0.05, 0) is 77.6 Å². The summed E-state index contributed by atoms with van der Waals surface area (Å²) in [6.45, 7) is 2.70. The van der Waals surface area contributed by atoms with Gasteiger partial charge in [-0.3, -0.25) is 39.2 Å². The van der Waals surface area contributed by atoms with Crippen molar-refractivity contribution in [2.75, 3.05) is 41.3 Å². The molecule has 4 rings (SSSR count). The highest BCUT2D eigenvalue weighted by Crippen LogP contribution is 2.51. The molecule has 0 heterocycles. The monoisotopic (exact) mass is 556 g/mol. The zero-order valence-corrected chi connectivity index (χ0v) is 23.3. The fourth-order valence-corrected chi connectivity index (χ4v) is 6.49. The number of amides is 1. The molecule has 1 amide bonds. The van der Waals surface area contributed by atoms with Crippen LogP contribution in [-0.4, -0.2) is 102 Å². The quantitative estimate of drug-likeness (QED) is 0.235. The third-order valence-electron chi connectivity index (χ3n) is 8.22. The molecule has 216 valence electrons. The normalized spacial score (nSPS) is 30.3. The minimum absolute atomic E-state index is 0.0192. The summed E-state index contributed by atoms with van der Waals surface area (Å²) in [6.07, 6.45) is 2.01. The van der Waals surface area contributed by atoms with Crippen LogP contribution < -0.4 is 11.2 Å². The molecule has 12 heteroatoms. The molecule has 2 fully saturated rings. The number of fused-ring (bicyclic) bond motifs is 3. The summed E-state index contributed by atoms with van der Waals surface area (Å²) in [5.41, 5.74) is 7.08. The molecule has 5 N–H and O–H groups in total. The maximum Gasteiger partial charge on any atom is 0.235 e. The summed E-state index contributed by atoms with van der Waals surface area (Å²) in [6, 6.07) is 1.86. The molecule has 1 aromatic rings. The Kier molecular flexibility index (Phi) is 8.01. The smallest absolute Gasteiger partial charge is 0.235 e. The van der Waals surface area contributed by atoms with Gasteiger partial charge in [0.25, 0.3) is 0 Å². The van der Waals surface area contributed by atoms with Crippen LogP contribution in [0.15, 0.2) is 18.2 Å². The zero-order chi connectivity index (χ0) is 29.7. The van der Waals surface area contributed by atoms with E-state index >= 15 is 0 Å². The van der Waals surface area contributed by atoms with E-state index in [1.807, 2.05) is 32.0 Å². The lowest BCUT2D eigenvalue weighted by atomic mass is 9.52. The Balaban J connectivity index is 1.85. The lowest BCUT2D eigenvalue weighted by molar-refractivity contribution is -0.181. The van der Waals surface area contributed by atoms with Crippen LogP contribution in [0.1, 0.15) is 34.8 Å². The number of likely N-dealkylation sites (N-methyl/N-ethyl adjacent to an activating group) is 2. The van der Waals surface area contributed by atoms with Crippen molar-refractivity contribution in [2.45, 2.75) is 31.4 Å². The lowest BCUT2D eigenvalue weighted by Gasteiger charge is -2.52. The van der Waals surface area contributed by atoms with E-state index in [2.05, 4.69) is 5.48 Å². The Morgan fingerprint density at radius 2 is 1.85 bits per heavy atom. The van der Waals surface area contributed by atoms with Gasteiger partial charge in [-0.15, -0.1) is 0 Å². The second-order valence-electron chi connectivity index (χ2n) is 11.2. The number of carbonyl (C=O) groups is 5. The number of hydroxylamine groups is 1. The number of ketones is 4. The van der Waals surface area contributed by atoms with E-state index in [9.17, 15) is 34.2 Å². The molecule has 3 aliphatic rings.